The summed E-state index contributed by atoms with van der Waals surface area (Å²) < 4.78 is 1.68. The Labute approximate surface area is 228 Å². The summed E-state index contributed by atoms with van der Waals surface area (Å²) in [7, 11) is 0. The lowest BCUT2D eigenvalue weighted by molar-refractivity contribution is 0.0706. The highest BCUT2D eigenvalue weighted by molar-refractivity contribution is 5.96. The number of H-pyrrole nitrogens is 1. The number of amides is 1. The lowest BCUT2D eigenvalue weighted by Gasteiger charge is -2.15. The Kier molecular flexibility index (Phi) is 7.56. The maximum atomic E-state index is 13.7. The van der Waals surface area contributed by atoms with E-state index >= 15 is 0 Å². The van der Waals surface area contributed by atoms with Crippen LogP contribution in [0.3, 0.4) is 0 Å². The first-order chi connectivity index (χ1) is 19.5. The molecule has 0 fully saturated rings. The first-order valence-corrected chi connectivity index (χ1v) is 12.6. The van der Waals surface area contributed by atoms with Gasteiger partial charge in [-0.25, -0.2) is 25.4 Å². The summed E-state index contributed by atoms with van der Waals surface area (Å²) in [5, 5.41) is 9.34. The van der Waals surface area contributed by atoms with Gasteiger partial charge >= 0.3 is 0 Å². The molecule has 3 heterocycles. The third kappa shape index (κ3) is 5.13. The van der Waals surface area contributed by atoms with Gasteiger partial charge in [-0.05, 0) is 47.9 Å². The monoisotopic (exact) mass is 534 g/mol. The molecule has 11 nitrogen and oxygen atoms in total. The summed E-state index contributed by atoms with van der Waals surface area (Å²) in [6.07, 6.45) is 4.49. The molecule has 5 N–H and O–H groups in total. The van der Waals surface area contributed by atoms with Crippen LogP contribution in [0, 0.1) is 0 Å². The minimum atomic E-state index is -0.586. The second-order valence-electron chi connectivity index (χ2n) is 8.83. The number of hydrogen-bond donors (Lipinski definition) is 4. The van der Waals surface area contributed by atoms with Crippen LogP contribution in [0.25, 0.3) is 38.9 Å². The van der Waals surface area contributed by atoms with Gasteiger partial charge in [-0.15, -0.1) is 0 Å². The zero-order chi connectivity index (χ0) is 28.1. The van der Waals surface area contributed by atoms with Gasteiger partial charge in [0.15, 0.2) is 11.5 Å². The topological polar surface area (TPSA) is 165 Å². The Hall–Kier alpha value is -5.42. The van der Waals surface area contributed by atoms with Crippen molar-refractivity contribution in [2.24, 2.45) is 0 Å². The van der Waals surface area contributed by atoms with Crippen molar-refractivity contribution in [2.45, 2.75) is 19.8 Å². The molecular formula is C29H26N8O3. The molecular weight excluding hydrogens is 508 g/mol. The minimum absolute atomic E-state index is 0.123. The Bertz CT molecular complexity index is 1850. The van der Waals surface area contributed by atoms with Gasteiger partial charge in [-0.2, -0.15) is 0 Å². The summed E-state index contributed by atoms with van der Waals surface area (Å²) >= 11 is 0. The van der Waals surface area contributed by atoms with Gasteiger partial charge in [0.1, 0.15) is 17.7 Å². The number of nitrogens with one attached hydrogen (secondary N) is 2. The summed E-state index contributed by atoms with van der Waals surface area (Å²) in [6, 6.07) is 21.8. The standard InChI is InChI=1S/C24H21N3O3.C5H5N5/c1-2-7-21-25-20-11-6-10-19(16-12-14-17(15-13-16)23(28)26-30)22(20)24(29)27(21)18-8-4-3-5-9-18;6-4-3-5(9-1-7-3)10-2-8-4/h3-6,8-15,30H,2,7H2,1H3,(H,26,28);1-2H,(H3,6,7,8,9,10). The number of nitrogen functional groups attached to an aromatic ring is 1. The van der Waals surface area contributed by atoms with Crippen LogP contribution in [0.2, 0.25) is 0 Å². The van der Waals surface area contributed by atoms with E-state index in [-0.39, 0.29) is 5.56 Å². The zero-order valence-corrected chi connectivity index (χ0v) is 21.6. The molecule has 0 unspecified atom stereocenters. The molecule has 6 rings (SSSR count). The van der Waals surface area contributed by atoms with Crippen LogP contribution in [-0.4, -0.2) is 40.6 Å². The molecule has 0 saturated heterocycles. The number of hydroxylamine groups is 1. The second kappa shape index (κ2) is 11.5. The van der Waals surface area contributed by atoms with Crippen LogP contribution >= 0.6 is 0 Å². The molecule has 6 aromatic rings. The molecule has 0 spiro atoms. The van der Waals surface area contributed by atoms with Crippen molar-refractivity contribution in [1.29, 1.82) is 0 Å². The Balaban J connectivity index is 0.000000269. The molecule has 40 heavy (non-hydrogen) atoms. The number of imidazole rings is 1. The van der Waals surface area contributed by atoms with Crippen molar-refractivity contribution in [2.75, 3.05) is 5.73 Å². The molecule has 3 aromatic heterocycles. The number of rotatable bonds is 5. The van der Waals surface area contributed by atoms with Crippen LogP contribution in [0.1, 0.15) is 29.5 Å². The van der Waals surface area contributed by atoms with E-state index < -0.39 is 5.91 Å². The maximum Gasteiger partial charge on any atom is 0.274 e. The number of carbonyl (C=O) groups excluding carboxylic acids is 1. The number of anilines is 1. The number of aryl methyl sites for hydroxylation is 1. The van der Waals surface area contributed by atoms with Gasteiger partial charge in [-0.3, -0.25) is 19.4 Å². The lowest BCUT2D eigenvalue weighted by atomic mass is 9.99. The fourth-order valence-electron chi connectivity index (χ4n) is 4.40. The van der Waals surface area contributed by atoms with E-state index in [1.54, 1.807) is 34.3 Å². The summed E-state index contributed by atoms with van der Waals surface area (Å²) in [5.41, 5.74) is 11.6. The number of aromatic nitrogens is 6. The fraction of sp³-hybridized carbons (Fsp3) is 0.103. The third-order valence-corrected chi connectivity index (χ3v) is 6.27. The van der Waals surface area contributed by atoms with E-state index in [1.807, 2.05) is 48.5 Å². The van der Waals surface area contributed by atoms with Gasteiger partial charge < -0.3 is 10.7 Å². The molecule has 0 radical (unpaired) electrons. The van der Waals surface area contributed by atoms with Gasteiger partial charge in [0.2, 0.25) is 0 Å². The molecule has 0 aliphatic carbocycles. The molecule has 0 bridgehead atoms. The fourth-order valence-corrected chi connectivity index (χ4v) is 4.40. The molecule has 0 atom stereocenters. The number of benzene rings is 3. The number of nitrogens with zero attached hydrogens (tertiary/aromatic N) is 5. The molecule has 0 aliphatic heterocycles. The Morgan fingerprint density at radius 3 is 2.48 bits per heavy atom. The first kappa shape index (κ1) is 26.2. The van der Waals surface area contributed by atoms with Crippen molar-refractivity contribution < 1.29 is 10.0 Å². The Morgan fingerprint density at radius 2 is 1.77 bits per heavy atom. The van der Waals surface area contributed by atoms with E-state index in [1.165, 1.54) is 12.7 Å². The average molecular weight is 535 g/mol. The van der Waals surface area contributed by atoms with Crippen LogP contribution in [-0.2, 0) is 6.42 Å². The molecule has 1 amide bonds. The van der Waals surface area contributed by atoms with Crippen LogP contribution < -0.4 is 16.8 Å². The van der Waals surface area contributed by atoms with Crippen molar-refractivity contribution in [3.8, 4) is 16.8 Å². The van der Waals surface area contributed by atoms with E-state index in [0.717, 1.165) is 29.1 Å². The van der Waals surface area contributed by atoms with Crippen LogP contribution in [0.15, 0.2) is 90.2 Å². The molecule has 200 valence electrons. The predicted molar refractivity (Wildman–Crippen MR) is 152 cm³/mol. The van der Waals surface area contributed by atoms with Crippen LogP contribution in [0.5, 0.6) is 0 Å². The normalized spacial score (nSPS) is 10.8. The SMILES string of the molecule is CCCc1nc2cccc(-c3ccc(C(=O)NO)cc3)c2c(=O)n1-c1ccccc1.Nc1ncnc2nc[nH]c12. The highest BCUT2D eigenvalue weighted by Gasteiger charge is 2.16. The highest BCUT2D eigenvalue weighted by atomic mass is 16.5. The minimum Gasteiger partial charge on any atom is -0.382 e. The number of para-hydroxylation sites is 1. The van der Waals surface area contributed by atoms with Gasteiger partial charge in [0.25, 0.3) is 11.5 Å². The van der Waals surface area contributed by atoms with Crippen molar-refractivity contribution >= 4 is 33.8 Å². The van der Waals surface area contributed by atoms with Crippen LogP contribution in [0.4, 0.5) is 5.82 Å². The quantitative estimate of drug-likeness (QED) is 0.190. The number of carbonyl (C=O) groups is 1. The van der Waals surface area contributed by atoms with Crippen molar-refractivity contribution in [3.05, 3.63) is 107 Å². The molecule has 0 saturated carbocycles. The van der Waals surface area contributed by atoms with Crippen molar-refractivity contribution in [3.63, 3.8) is 0 Å². The highest BCUT2D eigenvalue weighted by Crippen LogP contribution is 2.27. The van der Waals surface area contributed by atoms with Gasteiger partial charge in [0, 0.05) is 12.0 Å². The van der Waals surface area contributed by atoms with Gasteiger partial charge in [0.05, 0.1) is 22.9 Å². The zero-order valence-electron chi connectivity index (χ0n) is 21.6. The summed E-state index contributed by atoms with van der Waals surface area (Å²) in [4.78, 5) is 44.4. The number of aromatic amines is 1. The molecule has 0 aliphatic rings. The van der Waals surface area contributed by atoms with E-state index in [0.29, 0.717) is 39.9 Å². The number of hydrogen-bond acceptors (Lipinski definition) is 8. The summed E-state index contributed by atoms with van der Waals surface area (Å²) in [5.74, 6) is 0.576. The molecule has 11 heteroatoms. The second-order valence-corrected chi connectivity index (χ2v) is 8.83. The van der Waals surface area contributed by atoms with E-state index in [2.05, 4.69) is 26.9 Å². The van der Waals surface area contributed by atoms with Crippen molar-refractivity contribution in [1.82, 2.24) is 35.0 Å². The van der Waals surface area contributed by atoms with E-state index in [9.17, 15) is 9.59 Å². The predicted octanol–water partition coefficient (Wildman–Crippen LogP) is 4.06. The number of fused-ring (bicyclic) bond motifs is 2. The summed E-state index contributed by atoms with van der Waals surface area (Å²) in [6.45, 7) is 2.06. The Morgan fingerprint density at radius 1 is 1.00 bits per heavy atom. The largest absolute Gasteiger partial charge is 0.382 e. The molecule has 3 aromatic carbocycles. The average Bonchev–Trinajstić information content (AvgIpc) is 3.48. The third-order valence-electron chi connectivity index (χ3n) is 6.27. The lowest BCUT2D eigenvalue weighted by Crippen LogP contribution is -2.24. The first-order valence-electron chi connectivity index (χ1n) is 12.6. The van der Waals surface area contributed by atoms with Gasteiger partial charge in [-0.1, -0.05) is 49.4 Å². The number of nitrogens with two attached hydrogens (primary N) is 1. The smallest absolute Gasteiger partial charge is 0.274 e. The maximum absolute atomic E-state index is 13.7. The van der Waals surface area contributed by atoms with E-state index in [4.69, 9.17) is 15.9 Å².